The highest BCUT2D eigenvalue weighted by atomic mass is 16.7. The number of hydrogen-bond donors (Lipinski definition) is 3. The number of nitrogens with one attached hydrogen (secondary N) is 1. The third-order valence-corrected chi connectivity index (χ3v) is 3.67. The smallest absolute Gasteiger partial charge is 0.330 e. The van der Waals surface area contributed by atoms with E-state index >= 15 is 0 Å². The molecular formula is C12H12N2O6. The fourth-order valence-corrected chi connectivity index (χ4v) is 2.53. The van der Waals surface area contributed by atoms with Gasteiger partial charge in [0.2, 0.25) is 0 Å². The number of aliphatic hydroxyl groups excluding tert-OH is 2. The largest absolute Gasteiger partial charge is 0.393 e. The van der Waals surface area contributed by atoms with E-state index in [1.165, 1.54) is 6.20 Å². The normalized spacial score (nSPS) is 35.1. The van der Waals surface area contributed by atoms with E-state index in [2.05, 4.69) is 10.9 Å². The summed E-state index contributed by atoms with van der Waals surface area (Å²) in [6.07, 6.45) is 3.52. The Balaban J connectivity index is 2.07. The van der Waals surface area contributed by atoms with Crippen molar-refractivity contribution in [3.63, 3.8) is 0 Å². The van der Waals surface area contributed by atoms with E-state index in [9.17, 15) is 19.8 Å². The Morgan fingerprint density at radius 1 is 1.60 bits per heavy atom. The molecule has 20 heavy (non-hydrogen) atoms. The van der Waals surface area contributed by atoms with E-state index in [1.54, 1.807) is 0 Å². The molecule has 2 aliphatic rings. The standard InChI is InChI=1S/C12H12N2O6/c1-2-6-3-14(11(18)13-9(6)17)10-7-8(16)12(4-15,20-10)5-19-7/h1,3,7-8,10,15-16H,4-5H2,(H,13,17,18)/t7-,8?,10+,12+/m0/s1. The molecular weight excluding hydrogens is 268 g/mol. The van der Waals surface area contributed by atoms with Crippen LogP contribution >= 0.6 is 0 Å². The first-order chi connectivity index (χ1) is 9.52. The molecule has 0 amide bonds. The average molecular weight is 280 g/mol. The van der Waals surface area contributed by atoms with E-state index in [0.29, 0.717) is 0 Å². The summed E-state index contributed by atoms with van der Waals surface area (Å²) in [5, 5.41) is 19.4. The molecule has 1 aromatic heterocycles. The predicted octanol–water partition coefficient (Wildman–Crippen LogP) is -2.46. The third kappa shape index (κ3) is 1.58. The van der Waals surface area contributed by atoms with E-state index in [-0.39, 0.29) is 12.2 Å². The minimum absolute atomic E-state index is 0.0337. The molecule has 2 fully saturated rings. The summed E-state index contributed by atoms with van der Waals surface area (Å²) in [6.45, 7) is -0.410. The first kappa shape index (κ1) is 13.1. The van der Waals surface area contributed by atoms with Crippen LogP contribution in [0.2, 0.25) is 0 Å². The summed E-state index contributed by atoms with van der Waals surface area (Å²) in [4.78, 5) is 25.3. The molecule has 0 spiro atoms. The predicted molar refractivity (Wildman–Crippen MR) is 64.9 cm³/mol. The minimum Gasteiger partial charge on any atom is -0.393 e. The molecule has 3 N–H and O–H groups in total. The van der Waals surface area contributed by atoms with Crippen LogP contribution in [0.15, 0.2) is 15.8 Å². The second kappa shape index (κ2) is 4.29. The highest BCUT2D eigenvalue weighted by Gasteiger charge is 2.61. The quantitative estimate of drug-likeness (QED) is 0.518. The molecule has 2 aliphatic heterocycles. The van der Waals surface area contributed by atoms with Crippen molar-refractivity contribution in [1.82, 2.24) is 9.55 Å². The third-order valence-electron chi connectivity index (χ3n) is 3.67. The van der Waals surface area contributed by atoms with Crippen molar-refractivity contribution in [2.24, 2.45) is 0 Å². The maximum Gasteiger partial charge on any atom is 0.330 e. The molecule has 1 unspecified atom stereocenters. The second-order valence-electron chi connectivity index (χ2n) is 4.81. The van der Waals surface area contributed by atoms with Crippen LogP contribution in [-0.4, -0.2) is 50.8 Å². The molecule has 0 radical (unpaired) electrons. The Labute approximate surface area is 112 Å². The van der Waals surface area contributed by atoms with Crippen molar-refractivity contribution in [3.05, 3.63) is 32.6 Å². The summed E-state index contributed by atoms with van der Waals surface area (Å²) in [6, 6.07) is 0. The molecule has 2 bridgehead atoms. The van der Waals surface area contributed by atoms with E-state index in [1.807, 2.05) is 0 Å². The topological polar surface area (TPSA) is 114 Å². The Kier molecular flexibility index (Phi) is 2.81. The van der Waals surface area contributed by atoms with Gasteiger partial charge in [-0.1, -0.05) is 5.92 Å². The molecule has 0 saturated carbocycles. The SMILES string of the molecule is C#Cc1cn([C@@H]2O[C@]3(CO)CO[C@H]2C3O)c(=O)[nH]c1=O. The Morgan fingerprint density at radius 3 is 2.95 bits per heavy atom. The van der Waals surface area contributed by atoms with Gasteiger partial charge < -0.3 is 19.7 Å². The molecule has 3 rings (SSSR count). The zero-order valence-electron chi connectivity index (χ0n) is 10.3. The number of aromatic nitrogens is 2. The molecule has 2 saturated heterocycles. The van der Waals surface area contributed by atoms with Crippen LogP contribution in [0.1, 0.15) is 11.8 Å². The maximum atomic E-state index is 11.8. The number of fused-ring (bicyclic) bond motifs is 2. The van der Waals surface area contributed by atoms with Crippen molar-refractivity contribution in [2.45, 2.75) is 24.0 Å². The lowest BCUT2D eigenvalue weighted by molar-refractivity contribution is -0.187. The van der Waals surface area contributed by atoms with Gasteiger partial charge in [0.25, 0.3) is 5.56 Å². The fourth-order valence-electron chi connectivity index (χ4n) is 2.53. The highest BCUT2D eigenvalue weighted by Crippen LogP contribution is 2.44. The number of nitrogens with zero attached hydrogens (tertiary/aromatic N) is 1. The Morgan fingerprint density at radius 2 is 2.35 bits per heavy atom. The number of ether oxygens (including phenoxy) is 2. The van der Waals surface area contributed by atoms with Gasteiger partial charge in [0.05, 0.1) is 13.2 Å². The van der Waals surface area contributed by atoms with Gasteiger partial charge in [0.1, 0.15) is 23.4 Å². The number of terminal acetylenes is 1. The summed E-state index contributed by atoms with van der Waals surface area (Å²) in [5.41, 5.74) is -2.68. The van der Waals surface area contributed by atoms with Crippen molar-refractivity contribution in [3.8, 4) is 12.3 Å². The van der Waals surface area contributed by atoms with Crippen LogP contribution in [0.4, 0.5) is 0 Å². The van der Waals surface area contributed by atoms with Crippen LogP contribution in [0, 0.1) is 12.3 Å². The maximum absolute atomic E-state index is 11.8. The van der Waals surface area contributed by atoms with Crippen LogP contribution in [0.3, 0.4) is 0 Å². The minimum atomic E-state index is -1.25. The molecule has 8 heteroatoms. The van der Waals surface area contributed by atoms with Crippen LogP contribution in [0.25, 0.3) is 0 Å². The Bertz CT molecular complexity index is 701. The van der Waals surface area contributed by atoms with Crippen LogP contribution in [-0.2, 0) is 9.47 Å². The van der Waals surface area contributed by atoms with Crippen molar-refractivity contribution in [2.75, 3.05) is 13.2 Å². The summed E-state index contributed by atoms with van der Waals surface area (Å²) >= 11 is 0. The first-order valence-electron chi connectivity index (χ1n) is 5.93. The number of aromatic amines is 1. The van der Waals surface area contributed by atoms with Crippen molar-refractivity contribution >= 4 is 0 Å². The van der Waals surface area contributed by atoms with E-state index in [4.69, 9.17) is 15.9 Å². The van der Waals surface area contributed by atoms with Crippen molar-refractivity contribution in [1.29, 1.82) is 0 Å². The average Bonchev–Trinajstić information content (AvgIpc) is 2.90. The van der Waals surface area contributed by atoms with Gasteiger partial charge in [-0.3, -0.25) is 14.3 Å². The number of aliphatic hydroxyl groups is 2. The van der Waals surface area contributed by atoms with Gasteiger partial charge in [0.15, 0.2) is 6.23 Å². The zero-order chi connectivity index (χ0) is 14.5. The molecule has 106 valence electrons. The van der Waals surface area contributed by atoms with Crippen molar-refractivity contribution < 1.29 is 19.7 Å². The van der Waals surface area contributed by atoms with Gasteiger partial charge in [-0.2, -0.15) is 0 Å². The zero-order valence-corrected chi connectivity index (χ0v) is 10.3. The molecule has 3 heterocycles. The Hall–Kier alpha value is -1.92. The van der Waals surface area contributed by atoms with E-state index < -0.39 is 41.9 Å². The summed E-state index contributed by atoms with van der Waals surface area (Å²) in [5.74, 6) is 2.15. The highest BCUT2D eigenvalue weighted by molar-refractivity contribution is 5.26. The fraction of sp³-hybridized carbons (Fsp3) is 0.500. The van der Waals surface area contributed by atoms with Gasteiger partial charge in [-0.25, -0.2) is 4.79 Å². The van der Waals surface area contributed by atoms with Crippen LogP contribution in [0.5, 0.6) is 0 Å². The summed E-state index contributed by atoms with van der Waals surface area (Å²) < 4.78 is 12.0. The van der Waals surface area contributed by atoms with E-state index in [0.717, 1.165) is 4.57 Å². The lowest BCUT2D eigenvalue weighted by atomic mass is 10.0. The molecule has 8 nitrogen and oxygen atoms in total. The van der Waals surface area contributed by atoms with Crippen LogP contribution < -0.4 is 11.2 Å². The van der Waals surface area contributed by atoms with Gasteiger partial charge in [0, 0.05) is 6.20 Å². The van der Waals surface area contributed by atoms with Gasteiger partial charge in [-0.05, 0) is 0 Å². The monoisotopic (exact) mass is 280 g/mol. The number of H-pyrrole nitrogens is 1. The molecule has 4 atom stereocenters. The van der Waals surface area contributed by atoms with Gasteiger partial charge >= 0.3 is 5.69 Å². The second-order valence-corrected chi connectivity index (χ2v) is 4.81. The summed E-state index contributed by atoms with van der Waals surface area (Å²) in [7, 11) is 0. The number of rotatable bonds is 2. The molecule has 1 aromatic rings. The lowest BCUT2D eigenvalue weighted by Crippen LogP contribution is -2.44. The lowest BCUT2D eigenvalue weighted by Gasteiger charge is -2.29. The number of hydrogen-bond acceptors (Lipinski definition) is 6. The molecule has 0 aliphatic carbocycles. The molecule has 0 aromatic carbocycles. The first-order valence-corrected chi connectivity index (χ1v) is 5.93. The van der Waals surface area contributed by atoms with Gasteiger partial charge in [-0.15, -0.1) is 6.42 Å².